The molecule has 0 saturated carbocycles. The van der Waals surface area contributed by atoms with E-state index < -0.39 is 7.82 Å². The second-order valence-corrected chi connectivity index (χ2v) is 12.1. The predicted molar refractivity (Wildman–Crippen MR) is 195 cm³/mol. The molecule has 0 heterocycles. The van der Waals surface area contributed by atoms with E-state index in [9.17, 15) is 4.57 Å². The Morgan fingerprint density at radius 3 is 0.894 bits per heavy atom. The summed E-state index contributed by atoms with van der Waals surface area (Å²) in [5, 5.41) is 0. The van der Waals surface area contributed by atoms with Crippen molar-refractivity contribution in [2.24, 2.45) is 0 Å². The van der Waals surface area contributed by atoms with Gasteiger partial charge < -0.3 is 13.6 Å². The summed E-state index contributed by atoms with van der Waals surface area (Å²) >= 11 is 0. The highest BCUT2D eigenvalue weighted by Gasteiger charge is 2.33. The van der Waals surface area contributed by atoms with E-state index in [0.29, 0.717) is 17.2 Å². The highest BCUT2D eigenvalue weighted by molar-refractivity contribution is 7.49. The van der Waals surface area contributed by atoms with Gasteiger partial charge in [-0.3, -0.25) is 0 Å². The standard InChI is InChI=1S/C42H33O4P/c1-4-31-13-7-10-16-40(31)34-19-25-37(26-20-34)44-47(43,45-38-27-21-35(22-28-38)41-17-11-8-14-32(41)5-2)46-39-29-23-36(24-30-39)42-18-12-9-15-33(42)6-3/h4-30H,1-3H2. The molecule has 0 N–H and O–H groups in total. The molecular formula is C42H33O4P. The van der Waals surface area contributed by atoms with Gasteiger partial charge in [0.2, 0.25) is 0 Å². The van der Waals surface area contributed by atoms with Gasteiger partial charge in [-0.1, -0.05) is 147 Å². The van der Waals surface area contributed by atoms with Crippen LogP contribution in [0.15, 0.2) is 165 Å². The van der Waals surface area contributed by atoms with Crippen LogP contribution in [0.2, 0.25) is 0 Å². The molecule has 0 amide bonds. The van der Waals surface area contributed by atoms with Crippen LogP contribution in [0.25, 0.3) is 51.6 Å². The van der Waals surface area contributed by atoms with Gasteiger partial charge in [-0.05, 0) is 86.5 Å². The lowest BCUT2D eigenvalue weighted by atomic mass is 10.00. The number of phosphoric ester groups is 1. The van der Waals surface area contributed by atoms with Gasteiger partial charge in [-0.15, -0.1) is 0 Å². The average Bonchev–Trinajstić information content (AvgIpc) is 3.12. The molecule has 0 aliphatic carbocycles. The van der Waals surface area contributed by atoms with Crippen molar-refractivity contribution in [3.8, 4) is 50.6 Å². The fourth-order valence-corrected chi connectivity index (χ4v) is 6.59. The van der Waals surface area contributed by atoms with Gasteiger partial charge in [0.05, 0.1) is 0 Å². The molecule has 0 bridgehead atoms. The van der Waals surface area contributed by atoms with E-state index in [2.05, 4.69) is 19.7 Å². The predicted octanol–water partition coefficient (Wildman–Crippen LogP) is 12.3. The summed E-state index contributed by atoms with van der Waals surface area (Å²) in [6, 6.07) is 45.8. The molecule has 47 heavy (non-hydrogen) atoms. The van der Waals surface area contributed by atoms with Crippen LogP contribution in [-0.2, 0) is 4.57 Å². The molecule has 0 radical (unpaired) electrons. The van der Waals surface area contributed by atoms with Crippen molar-refractivity contribution >= 4 is 26.1 Å². The lowest BCUT2D eigenvalue weighted by Crippen LogP contribution is -2.07. The molecule has 6 aromatic carbocycles. The molecule has 230 valence electrons. The SMILES string of the molecule is C=Cc1ccccc1-c1ccc(OP(=O)(Oc2ccc(-c3ccccc3C=C)cc2)Oc2ccc(-c3ccccc3C=C)cc2)cc1. The normalized spacial score (nSPS) is 10.9. The van der Waals surface area contributed by atoms with Crippen LogP contribution < -0.4 is 13.6 Å². The third-order valence-electron chi connectivity index (χ3n) is 7.69. The molecule has 0 spiro atoms. The van der Waals surface area contributed by atoms with Crippen LogP contribution >= 0.6 is 7.82 Å². The molecule has 0 aliphatic rings. The van der Waals surface area contributed by atoms with Crippen molar-refractivity contribution < 1.29 is 18.1 Å². The minimum atomic E-state index is -4.24. The van der Waals surface area contributed by atoms with E-state index in [4.69, 9.17) is 13.6 Å². The van der Waals surface area contributed by atoms with Crippen molar-refractivity contribution in [3.05, 3.63) is 182 Å². The summed E-state index contributed by atoms with van der Waals surface area (Å²) in [4.78, 5) is 0. The molecule has 6 aromatic rings. The topological polar surface area (TPSA) is 44.8 Å². The zero-order valence-corrected chi connectivity index (χ0v) is 26.7. The Hall–Kier alpha value is -5.83. The van der Waals surface area contributed by atoms with Crippen LogP contribution in [-0.4, -0.2) is 0 Å². The van der Waals surface area contributed by atoms with Crippen LogP contribution in [0.1, 0.15) is 16.7 Å². The van der Waals surface area contributed by atoms with Gasteiger partial charge in [-0.25, -0.2) is 0 Å². The van der Waals surface area contributed by atoms with E-state index in [1.54, 1.807) is 36.4 Å². The fraction of sp³-hybridized carbons (Fsp3) is 0. The maximum absolute atomic E-state index is 14.4. The number of rotatable bonds is 12. The van der Waals surface area contributed by atoms with Gasteiger partial charge in [0, 0.05) is 0 Å². The lowest BCUT2D eigenvalue weighted by molar-refractivity contribution is 0.298. The van der Waals surface area contributed by atoms with E-state index in [1.165, 1.54) is 0 Å². The van der Waals surface area contributed by atoms with E-state index in [-0.39, 0.29) is 0 Å². The van der Waals surface area contributed by atoms with Gasteiger partial charge in [0.1, 0.15) is 17.2 Å². The quantitative estimate of drug-likeness (QED) is 0.126. The van der Waals surface area contributed by atoms with Crippen LogP contribution in [0.5, 0.6) is 17.2 Å². The van der Waals surface area contributed by atoms with Gasteiger partial charge in [-0.2, -0.15) is 4.57 Å². The zero-order chi connectivity index (χ0) is 32.6. The highest BCUT2D eigenvalue weighted by atomic mass is 31.2. The van der Waals surface area contributed by atoms with Crippen molar-refractivity contribution in [3.63, 3.8) is 0 Å². The number of benzene rings is 6. The second-order valence-electron chi connectivity index (χ2n) is 10.7. The molecule has 0 aliphatic heterocycles. The average molecular weight is 633 g/mol. The third kappa shape index (κ3) is 7.20. The van der Waals surface area contributed by atoms with Gasteiger partial charge in [0.25, 0.3) is 0 Å². The minimum absolute atomic E-state index is 0.334. The first-order valence-electron chi connectivity index (χ1n) is 15.1. The Morgan fingerprint density at radius 2 is 0.638 bits per heavy atom. The van der Waals surface area contributed by atoms with Crippen molar-refractivity contribution in [2.45, 2.75) is 0 Å². The zero-order valence-electron chi connectivity index (χ0n) is 25.8. The van der Waals surface area contributed by atoms with Crippen molar-refractivity contribution in [1.29, 1.82) is 0 Å². The van der Waals surface area contributed by atoms with Crippen LogP contribution in [0.4, 0.5) is 0 Å². The molecule has 5 heteroatoms. The summed E-state index contributed by atoms with van der Waals surface area (Å²) in [5.41, 5.74) is 9.02. The van der Waals surface area contributed by atoms with Crippen LogP contribution in [0, 0.1) is 0 Å². The Kier molecular flexibility index (Phi) is 9.33. The van der Waals surface area contributed by atoms with Crippen molar-refractivity contribution in [2.75, 3.05) is 0 Å². The van der Waals surface area contributed by atoms with E-state index >= 15 is 0 Å². The molecule has 0 atom stereocenters. The molecule has 4 nitrogen and oxygen atoms in total. The molecule has 0 aromatic heterocycles. The smallest absolute Gasteiger partial charge is 0.386 e. The lowest BCUT2D eigenvalue weighted by Gasteiger charge is -2.20. The Bertz CT molecular complexity index is 1840. The number of phosphoric acid groups is 1. The first-order chi connectivity index (χ1) is 23.0. The van der Waals surface area contributed by atoms with E-state index in [1.807, 2.05) is 127 Å². The molecule has 0 fully saturated rings. The molecular weight excluding hydrogens is 599 g/mol. The Labute approximate surface area is 276 Å². The summed E-state index contributed by atoms with van der Waals surface area (Å²) in [6.45, 7) is 11.8. The number of hydrogen-bond acceptors (Lipinski definition) is 4. The maximum Gasteiger partial charge on any atom is 0.647 e. The second kappa shape index (κ2) is 14.1. The van der Waals surface area contributed by atoms with Crippen LogP contribution in [0.3, 0.4) is 0 Å². The van der Waals surface area contributed by atoms with E-state index in [0.717, 1.165) is 50.1 Å². The van der Waals surface area contributed by atoms with Gasteiger partial charge >= 0.3 is 7.82 Å². The molecule has 6 rings (SSSR count). The maximum atomic E-state index is 14.4. The summed E-state index contributed by atoms with van der Waals surface area (Å²) < 4.78 is 32.5. The highest BCUT2D eigenvalue weighted by Crippen LogP contribution is 2.50. The van der Waals surface area contributed by atoms with Crippen molar-refractivity contribution in [1.82, 2.24) is 0 Å². The first kappa shape index (κ1) is 31.2. The fourth-order valence-electron chi connectivity index (χ4n) is 5.34. The monoisotopic (exact) mass is 632 g/mol. The molecule has 0 saturated heterocycles. The molecule has 0 unspecified atom stereocenters. The summed E-state index contributed by atoms with van der Waals surface area (Å²) in [5.74, 6) is 1.00. The largest absolute Gasteiger partial charge is 0.647 e. The van der Waals surface area contributed by atoms with Gasteiger partial charge in [0.15, 0.2) is 0 Å². The minimum Gasteiger partial charge on any atom is -0.386 e. The summed E-state index contributed by atoms with van der Waals surface area (Å²) in [6.07, 6.45) is 5.45. The summed E-state index contributed by atoms with van der Waals surface area (Å²) in [7, 11) is -4.24. The third-order valence-corrected chi connectivity index (χ3v) is 8.99. The Balaban J connectivity index is 1.29. The number of hydrogen-bond donors (Lipinski definition) is 0. The first-order valence-corrected chi connectivity index (χ1v) is 16.6. The Morgan fingerprint density at radius 1 is 0.383 bits per heavy atom.